The molecule has 0 fully saturated rings. The summed E-state index contributed by atoms with van der Waals surface area (Å²) in [4.78, 5) is 12.2. The Morgan fingerprint density at radius 2 is 2.00 bits per heavy atom. The van der Waals surface area contributed by atoms with Crippen molar-refractivity contribution in [1.29, 1.82) is 0 Å². The van der Waals surface area contributed by atoms with E-state index in [1.807, 2.05) is 36.4 Å². The number of aromatic amines is 1. The Kier molecular flexibility index (Phi) is 5.16. The fraction of sp³-hybridized carbons (Fsp3) is 0.111. The van der Waals surface area contributed by atoms with Gasteiger partial charge in [-0.15, -0.1) is 0 Å². The summed E-state index contributed by atoms with van der Waals surface area (Å²) in [7, 11) is 1.56. The molecule has 3 aromatic rings. The van der Waals surface area contributed by atoms with Gasteiger partial charge in [0, 0.05) is 18.4 Å². The Balaban J connectivity index is 1.60. The average Bonchev–Trinajstić information content (AvgIpc) is 3.14. The lowest BCUT2D eigenvalue weighted by atomic mass is 10.2. The smallest absolute Gasteiger partial charge is 0.323 e. The molecule has 7 heteroatoms. The van der Waals surface area contributed by atoms with Gasteiger partial charge >= 0.3 is 6.03 Å². The third-order valence-corrected chi connectivity index (χ3v) is 3.53. The van der Waals surface area contributed by atoms with Crippen molar-refractivity contribution in [3.63, 3.8) is 0 Å². The van der Waals surface area contributed by atoms with Crippen LogP contribution in [0.25, 0.3) is 0 Å². The van der Waals surface area contributed by atoms with Gasteiger partial charge in [-0.1, -0.05) is 24.3 Å². The number of benzene rings is 2. The number of amides is 2. The van der Waals surface area contributed by atoms with Crippen LogP contribution in [0.2, 0.25) is 0 Å². The fourth-order valence-corrected chi connectivity index (χ4v) is 2.34. The third-order valence-electron chi connectivity index (χ3n) is 3.53. The number of H-pyrrole nitrogens is 1. The van der Waals surface area contributed by atoms with Crippen molar-refractivity contribution in [1.82, 2.24) is 10.2 Å². The predicted octanol–water partition coefficient (Wildman–Crippen LogP) is 3.67. The number of carbonyl (C=O) groups is 1. The molecule has 3 rings (SSSR count). The normalized spacial score (nSPS) is 10.1. The van der Waals surface area contributed by atoms with E-state index in [2.05, 4.69) is 26.1 Å². The van der Waals surface area contributed by atoms with Crippen LogP contribution < -0.4 is 20.7 Å². The second-order valence-corrected chi connectivity index (χ2v) is 5.32. The molecule has 0 aliphatic heterocycles. The summed E-state index contributed by atoms with van der Waals surface area (Å²) in [6.07, 6.45) is 3.49. The van der Waals surface area contributed by atoms with Gasteiger partial charge in [0.25, 0.3) is 0 Å². The van der Waals surface area contributed by atoms with E-state index in [1.54, 1.807) is 31.6 Å². The Morgan fingerprint density at radius 3 is 2.80 bits per heavy atom. The first kappa shape index (κ1) is 16.4. The summed E-state index contributed by atoms with van der Waals surface area (Å²) < 4.78 is 5.22. The number of hydrogen-bond donors (Lipinski definition) is 4. The van der Waals surface area contributed by atoms with Gasteiger partial charge in [-0.05, 0) is 29.8 Å². The van der Waals surface area contributed by atoms with Gasteiger partial charge < -0.3 is 20.7 Å². The summed E-state index contributed by atoms with van der Waals surface area (Å²) in [5.41, 5.74) is 3.27. The maximum atomic E-state index is 12.2. The number of anilines is 3. The highest BCUT2D eigenvalue weighted by Gasteiger charge is 2.07. The Bertz CT molecular complexity index is 833. The van der Waals surface area contributed by atoms with E-state index in [1.165, 1.54) is 0 Å². The molecular formula is C18H19N5O2. The van der Waals surface area contributed by atoms with Gasteiger partial charge in [-0.2, -0.15) is 5.10 Å². The highest BCUT2D eigenvalue weighted by Crippen LogP contribution is 2.23. The van der Waals surface area contributed by atoms with Crippen molar-refractivity contribution in [2.45, 2.75) is 6.54 Å². The van der Waals surface area contributed by atoms with Gasteiger partial charge in [0.05, 0.1) is 24.7 Å². The number of aromatic nitrogens is 2. The monoisotopic (exact) mass is 337 g/mol. The molecule has 1 aromatic heterocycles. The highest BCUT2D eigenvalue weighted by atomic mass is 16.5. The van der Waals surface area contributed by atoms with E-state index >= 15 is 0 Å². The highest BCUT2D eigenvalue weighted by molar-refractivity contribution is 6.00. The van der Waals surface area contributed by atoms with E-state index in [0.29, 0.717) is 23.7 Å². The van der Waals surface area contributed by atoms with Crippen molar-refractivity contribution < 1.29 is 9.53 Å². The molecule has 0 aliphatic carbocycles. The van der Waals surface area contributed by atoms with Crippen molar-refractivity contribution in [3.8, 4) is 5.75 Å². The van der Waals surface area contributed by atoms with Crippen molar-refractivity contribution in [2.75, 3.05) is 23.1 Å². The maximum absolute atomic E-state index is 12.2. The lowest BCUT2D eigenvalue weighted by Crippen LogP contribution is -2.19. The third kappa shape index (κ3) is 4.51. The van der Waals surface area contributed by atoms with Crippen LogP contribution in [0, 0.1) is 0 Å². The van der Waals surface area contributed by atoms with Crippen molar-refractivity contribution in [3.05, 3.63) is 66.5 Å². The maximum Gasteiger partial charge on any atom is 0.323 e. The number of hydrogen-bond acceptors (Lipinski definition) is 4. The van der Waals surface area contributed by atoms with E-state index < -0.39 is 0 Å². The number of nitrogens with one attached hydrogen (secondary N) is 4. The number of methoxy groups -OCH3 is 1. The summed E-state index contributed by atoms with van der Waals surface area (Å²) in [5.74, 6) is 0.607. The van der Waals surface area contributed by atoms with Gasteiger partial charge in [0.15, 0.2) is 0 Å². The number of urea groups is 1. The van der Waals surface area contributed by atoms with Crippen molar-refractivity contribution >= 4 is 23.1 Å². The lowest BCUT2D eigenvalue weighted by Gasteiger charge is -2.12. The molecule has 25 heavy (non-hydrogen) atoms. The van der Waals surface area contributed by atoms with Gasteiger partial charge in [0.2, 0.25) is 0 Å². The molecule has 0 saturated heterocycles. The molecule has 7 nitrogen and oxygen atoms in total. The second-order valence-electron chi connectivity index (χ2n) is 5.32. The quantitative estimate of drug-likeness (QED) is 0.552. The van der Waals surface area contributed by atoms with Crippen LogP contribution in [0.5, 0.6) is 5.75 Å². The average molecular weight is 337 g/mol. The number of nitrogens with zero attached hydrogens (tertiary/aromatic N) is 1. The first-order valence-corrected chi connectivity index (χ1v) is 7.77. The number of rotatable bonds is 6. The van der Waals surface area contributed by atoms with Crippen LogP contribution in [0.1, 0.15) is 5.56 Å². The first-order chi connectivity index (χ1) is 12.2. The van der Waals surface area contributed by atoms with Crippen LogP contribution in [0.3, 0.4) is 0 Å². The standard InChI is InChI=1S/C18H19N5O2/c1-25-17-8-3-2-7-16(17)23-18(24)22-14-6-4-5-13(9-14)10-19-15-11-20-21-12-15/h2-9,11-12,19H,10H2,1H3,(H,20,21)(H2,22,23,24). The summed E-state index contributed by atoms with van der Waals surface area (Å²) in [5, 5.41) is 15.5. The molecule has 0 spiro atoms. The van der Waals surface area contributed by atoms with Crippen LogP contribution in [-0.4, -0.2) is 23.3 Å². The van der Waals surface area contributed by atoms with E-state index in [-0.39, 0.29) is 6.03 Å². The number of para-hydroxylation sites is 2. The molecule has 4 N–H and O–H groups in total. The molecule has 1 heterocycles. The number of carbonyl (C=O) groups excluding carboxylic acids is 1. The molecule has 0 aliphatic rings. The molecule has 0 unspecified atom stereocenters. The van der Waals surface area contributed by atoms with Crippen LogP contribution in [0.15, 0.2) is 60.9 Å². The zero-order valence-corrected chi connectivity index (χ0v) is 13.7. The molecule has 2 amide bonds. The summed E-state index contributed by atoms with van der Waals surface area (Å²) in [6.45, 7) is 0.628. The summed E-state index contributed by atoms with van der Waals surface area (Å²) in [6, 6.07) is 14.5. The van der Waals surface area contributed by atoms with Crippen LogP contribution in [-0.2, 0) is 6.54 Å². The summed E-state index contributed by atoms with van der Waals surface area (Å²) >= 11 is 0. The molecule has 128 valence electrons. The van der Waals surface area contributed by atoms with Gasteiger partial charge in [-0.3, -0.25) is 5.10 Å². The van der Waals surface area contributed by atoms with Gasteiger partial charge in [-0.25, -0.2) is 4.79 Å². The zero-order chi connectivity index (χ0) is 17.5. The minimum atomic E-state index is -0.329. The van der Waals surface area contributed by atoms with E-state index in [4.69, 9.17) is 4.74 Å². The Labute approximate surface area is 145 Å². The lowest BCUT2D eigenvalue weighted by molar-refractivity contribution is 0.262. The molecule has 0 radical (unpaired) electrons. The minimum absolute atomic E-state index is 0.329. The molecule has 0 bridgehead atoms. The Morgan fingerprint density at radius 1 is 1.12 bits per heavy atom. The van der Waals surface area contributed by atoms with E-state index in [9.17, 15) is 4.79 Å². The molecular weight excluding hydrogens is 318 g/mol. The number of ether oxygens (including phenoxy) is 1. The van der Waals surface area contributed by atoms with Gasteiger partial charge in [0.1, 0.15) is 5.75 Å². The van der Waals surface area contributed by atoms with E-state index in [0.717, 1.165) is 11.3 Å². The molecule has 0 saturated carbocycles. The minimum Gasteiger partial charge on any atom is -0.495 e. The largest absolute Gasteiger partial charge is 0.495 e. The zero-order valence-electron chi connectivity index (χ0n) is 13.7. The fourth-order valence-electron chi connectivity index (χ4n) is 2.34. The van der Waals surface area contributed by atoms with Crippen LogP contribution in [0.4, 0.5) is 21.9 Å². The molecule has 2 aromatic carbocycles. The SMILES string of the molecule is COc1ccccc1NC(=O)Nc1cccc(CNc2cn[nH]c2)c1. The predicted molar refractivity (Wildman–Crippen MR) is 98.0 cm³/mol. The Hall–Kier alpha value is -3.48. The topological polar surface area (TPSA) is 91.1 Å². The first-order valence-electron chi connectivity index (χ1n) is 7.77. The van der Waals surface area contributed by atoms with Crippen LogP contribution >= 0.6 is 0 Å². The van der Waals surface area contributed by atoms with Crippen molar-refractivity contribution in [2.24, 2.45) is 0 Å². The second kappa shape index (κ2) is 7.87. The molecule has 0 atom stereocenters.